The number of anilines is 2. The molecule has 1 amide bonds. The van der Waals surface area contributed by atoms with Crippen molar-refractivity contribution in [3.05, 3.63) is 42.4 Å². The van der Waals surface area contributed by atoms with Gasteiger partial charge in [0.05, 0.1) is 0 Å². The molecular weight excluding hydrogens is 244 g/mol. The van der Waals surface area contributed by atoms with Gasteiger partial charge in [0.2, 0.25) is 0 Å². The molecule has 0 fully saturated rings. The number of amides is 1. The van der Waals surface area contributed by atoms with Crippen molar-refractivity contribution in [1.82, 2.24) is 15.2 Å². The number of nitrogens with two attached hydrogens (primary N) is 1. The predicted molar refractivity (Wildman–Crippen MR) is 71.4 cm³/mol. The lowest BCUT2D eigenvalue weighted by Crippen LogP contribution is -2.31. The van der Waals surface area contributed by atoms with Crippen molar-refractivity contribution in [2.75, 3.05) is 16.9 Å². The molecule has 0 aromatic carbocycles. The first-order valence-corrected chi connectivity index (χ1v) is 5.78. The maximum atomic E-state index is 12.3. The molecular formula is C12H14N6O. The number of pyridine rings is 1. The predicted octanol–water partition coefficient (Wildman–Crippen LogP) is 0.824. The molecule has 0 saturated carbocycles. The highest BCUT2D eigenvalue weighted by molar-refractivity contribution is 6.04. The first-order chi connectivity index (χ1) is 9.26. The van der Waals surface area contributed by atoms with E-state index in [1.165, 1.54) is 0 Å². The molecule has 2 rings (SSSR count). The number of nitrogens with one attached hydrogen (secondary N) is 1. The zero-order chi connectivity index (χ0) is 13.7. The standard InChI is InChI=1S/C12H14N6O/c1-2-18(9-5-7-14-8-6-9)12(19)10-3-4-11(15-13)17-16-10/h3-8H,2,13H2,1H3,(H,15,17). The number of carbonyl (C=O) groups is 1. The Balaban J connectivity index is 2.25. The van der Waals surface area contributed by atoms with Crippen LogP contribution in [0.1, 0.15) is 17.4 Å². The van der Waals surface area contributed by atoms with Crippen LogP contribution >= 0.6 is 0 Å². The van der Waals surface area contributed by atoms with E-state index >= 15 is 0 Å². The number of hydrogen-bond acceptors (Lipinski definition) is 6. The third-order valence-electron chi connectivity index (χ3n) is 2.57. The number of hydrogen-bond donors (Lipinski definition) is 2. The van der Waals surface area contributed by atoms with Crippen molar-refractivity contribution >= 4 is 17.4 Å². The van der Waals surface area contributed by atoms with Gasteiger partial charge < -0.3 is 10.3 Å². The Kier molecular flexibility index (Phi) is 3.99. The minimum Gasteiger partial charge on any atom is -0.307 e. The van der Waals surface area contributed by atoms with Crippen molar-refractivity contribution in [2.45, 2.75) is 6.92 Å². The fraction of sp³-hybridized carbons (Fsp3) is 0.167. The molecule has 3 N–H and O–H groups in total. The summed E-state index contributed by atoms with van der Waals surface area (Å²) in [5.74, 6) is 5.39. The van der Waals surface area contributed by atoms with Gasteiger partial charge in [-0.3, -0.25) is 9.78 Å². The van der Waals surface area contributed by atoms with Gasteiger partial charge in [0.25, 0.3) is 5.91 Å². The Morgan fingerprint density at radius 1 is 1.26 bits per heavy atom. The summed E-state index contributed by atoms with van der Waals surface area (Å²) in [5, 5.41) is 7.63. The SMILES string of the molecule is CCN(C(=O)c1ccc(NN)nn1)c1ccncc1. The minimum atomic E-state index is -0.218. The fourth-order valence-electron chi connectivity index (χ4n) is 1.63. The van der Waals surface area contributed by atoms with E-state index in [9.17, 15) is 4.79 Å². The van der Waals surface area contributed by atoms with E-state index in [0.717, 1.165) is 5.69 Å². The van der Waals surface area contributed by atoms with Gasteiger partial charge in [0, 0.05) is 24.6 Å². The van der Waals surface area contributed by atoms with Crippen LogP contribution in [0.4, 0.5) is 11.5 Å². The van der Waals surface area contributed by atoms with Gasteiger partial charge in [-0.05, 0) is 31.2 Å². The lowest BCUT2D eigenvalue weighted by molar-refractivity contribution is 0.0982. The Morgan fingerprint density at radius 3 is 2.53 bits per heavy atom. The van der Waals surface area contributed by atoms with Gasteiger partial charge in [-0.25, -0.2) is 5.84 Å². The monoisotopic (exact) mass is 258 g/mol. The summed E-state index contributed by atoms with van der Waals surface area (Å²) >= 11 is 0. The smallest absolute Gasteiger partial charge is 0.278 e. The first kappa shape index (κ1) is 12.9. The first-order valence-electron chi connectivity index (χ1n) is 5.78. The largest absolute Gasteiger partial charge is 0.307 e. The van der Waals surface area contributed by atoms with Crippen molar-refractivity contribution in [2.24, 2.45) is 5.84 Å². The van der Waals surface area contributed by atoms with Crippen molar-refractivity contribution in [1.29, 1.82) is 0 Å². The van der Waals surface area contributed by atoms with Gasteiger partial charge in [0.15, 0.2) is 11.5 Å². The fourth-order valence-corrected chi connectivity index (χ4v) is 1.63. The summed E-state index contributed by atoms with van der Waals surface area (Å²) in [7, 11) is 0. The second-order valence-electron chi connectivity index (χ2n) is 3.70. The van der Waals surface area contributed by atoms with Crippen molar-refractivity contribution in [3.8, 4) is 0 Å². The zero-order valence-corrected chi connectivity index (χ0v) is 10.4. The third-order valence-corrected chi connectivity index (χ3v) is 2.57. The highest BCUT2D eigenvalue weighted by Gasteiger charge is 2.17. The van der Waals surface area contributed by atoms with Crippen LogP contribution in [-0.2, 0) is 0 Å². The molecule has 0 unspecified atom stereocenters. The number of nitrogens with zero attached hydrogens (tertiary/aromatic N) is 4. The number of aromatic nitrogens is 3. The Labute approximate surface area is 110 Å². The molecule has 0 saturated heterocycles. The van der Waals surface area contributed by atoms with Crippen LogP contribution in [0.2, 0.25) is 0 Å². The summed E-state index contributed by atoms with van der Waals surface area (Å²) in [6.07, 6.45) is 3.27. The lowest BCUT2D eigenvalue weighted by Gasteiger charge is -2.20. The normalized spacial score (nSPS) is 10.0. The zero-order valence-electron chi connectivity index (χ0n) is 10.4. The van der Waals surface area contributed by atoms with Crippen LogP contribution in [0, 0.1) is 0 Å². The van der Waals surface area contributed by atoms with Crippen LogP contribution < -0.4 is 16.2 Å². The summed E-state index contributed by atoms with van der Waals surface area (Å²) in [6, 6.07) is 6.71. The molecule has 7 nitrogen and oxygen atoms in total. The van der Waals surface area contributed by atoms with E-state index in [1.54, 1.807) is 41.6 Å². The Hall–Kier alpha value is -2.54. The van der Waals surface area contributed by atoms with Crippen LogP contribution in [0.25, 0.3) is 0 Å². The van der Waals surface area contributed by atoms with Crippen LogP contribution in [0.3, 0.4) is 0 Å². The summed E-state index contributed by atoms with van der Waals surface area (Å²) in [6.45, 7) is 2.42. The second-order valence-corrected chi connectivity index (χ2v) is 3.70. The quantitative estimate of drug-likeness (QED) is 0.622. The summed E-state index contributed by atoms with van der Waals surface area (Å²) < 4.78 is 0. The Bertz CT molecular complexity index is 542. The molecule has 7 heteroatoms. The highest BCUT2D eigenvalue weighted by Crippen LogP contribution is 2.14. The molecule has 0 aliphatic heterocycles. The third kappa shape index (κ3) is 2.83. The summed E-state index contributed by atoms with van der Waals surface area (Å²) in [4.78, 5) is 17.9. The van der Waals surface area contributed by atoms with E-state index in [-0.39, 0.29) is 11.6 Å². The Morgan fingerprint density at radius 2 is 2.00 bits per heavy atom. The topological polar surface area (TPSA) is 97.0 Å². The summed E-state index contributed by atoms with van der Waals surface area (Å²) in [5.41, 5.74) is 3.39. The van der Waals surface area contributed by atoms with Gasteiger partial charge in [-0.15, -0.1) is 10.2 Å². The maximum Gasteiger partial charge on any atom is 0.278 e. The minimum absolute atomic E-state index is 0.218. The number of hydrazine groups is 1. The lowest BCUT2D eigenvalue weighted by atomic mass is 10.3. The molecule has 0 aliphatic carbocycles. The van der Waals surface area contributed by atoms with Crippen LogP contribution in [-0.4, -0.2) is 27.6 Å². The average Bonchev–Trinajstić information content (AvgIpc) is 2.49. The van der Waals surface area contributed by atoms with E-state index in [2.05, 4.69) is 20.6 Å². The van der Waals surface area contributed by atoms with Crippen LogP contribution in [0.15, 0.2) is 36.7 Å². The number of carbonyl (C=O) groups excluding carboxylic acids is 1. The van der Waals surface area contributed by atoms with E-state index < -0.39 is 0 Å². The molecule has 0 spiro atoms. The van der Waals surface area contributed by atoms with Gasteiger partial charge in [-0.2, -0.15) is 0 Å². The molecule has 2 aromatic heterocycles. The van der Waals surface area contributed by atoms with Crippen LogP contribution in [0.5, 0.6) is 0 Å². The molecule has 0 aliphatic rings. The van der Waals surface area contributed by atoms with Crippen molar-refractivity contribution < 1.29 is 4.79 Å². The molecule has 0 atom stereocenters. The molecule has 0 radical (unpaired) electrons. The van der Waals surface area contributed by atoms with Gasteiger partial charge >= 0.3 is 0 Å². The van der Waals surface area contributed by atoms with Crippen molar-refractivity contribution in [3.63, 3.8) is 0 Å². The maximum absolute atomic E-state index is 12.3. The van der Waals surface area contributed by atoms with Gasteiger partial charge in [0.1, 0.15) is 0 Å². The molecule has 0 bridgehead atoms. The van der Waals surface area contributed by atoms with E-state index in [1.807, 2.05) is 6.92 Å². The van der Waals surface area contributed by atoms with E-state index in [0.29, 0.717) is 12.4 Å². The molecule has 2 heterocycles. The number of nitrogen functional groups attached to an aromatic ring is 1. The molecule has 2 aromatic rings. The molecule has 98 valence electrons. The second kappa shape index (κ2) is 5.87. The average molecular weight is 258 g/mol. The number of rotatable bonds is 4. The molecule has 19 heavy (non-hydrogen) atoms. The highest BCUT2D eigenvalue weighted by atomic mass is 16.2. The van der Waals surface area contributed by atoms with E-state index in [4.69, 9.17) is 5.84 Å². The van der Waals surface area contributed by atoms with Gasteiger partial charge in [-0.1, -0.05) is 0 Å².